The van der Waals surface area contributed by atoms with Gasteiger partial charge in [0, 0.05) is 20.2 Å². The number of nitrogens with zero attached hydrogens (tertiary/aromatic N) is 2. The molecule has 1 unspecified atom stereocenters. The van der Waals surface area contributed by atoms with Crippen molar-refractivity contribution in [2.24, 2.45) is 4.99 Å². The van der Waals surface area contributed by atoms with E-state index in [-0.39, 0.29) is 36.0 Å². The molecule has 1 aromatic rings. The van der Waals surface area contributed by atoms with Crippen LogP contribution in [-0.2, 0) is 9.47 Å². The molecule has 9 heteroatoms. The summed E-state index contributed by atoms with van der Waals surface area (Å²) in [5.74, 6) is 0.437. The van der Waals surface area contributed by atoms with Gasteiger partial charge >= 0.3 is 5.97 Å². The van der Waals surface area contributed by atoms with Crippen molar-refractivity contribution in [1.29, 1.82) is 0 Å². The molecule has 0 radical (unpaired) electrons. The Morgan fingerprint density at radius 3 is 2.68 bits per heavy atom. The maximum absolute atomic E-state index is 12.0. The van der Waals surface area contributed by atoms with Crippen molar-refractivity contribution in [2.45, 2.75) is 84.3 Å². The van der Waals surface area contributed by atoms with Gasteiger partial charge in [-0.15, -0.1) is 35.3 Å². The predicted octanol–water partition coefficient (Wildman–Crippen LogP) is 4.99. The summed E-state index contributed by atoms with van der Waals surface area (Å²) < 4.78 is 11.1. The summed E-state index contributed by atoms with van der Waals surface area (Å²) in [6.07, 6.45) is 10.3. The van der Waals surface area contributed by atoms with Gasteiger partial charge in [-0.3, -0.25) is 4.99 Å². The Labute approximate surface area is 208 Å². The molecule has 1 aromatic heterocycles. The first-order valence-corrected chi connectivity index (χ1v) is 12.1. The Balaban J connectivity index is 0.00000480. The van der Waals surface area contributed by atoms with Crippen LogP contribution in [0.5, 0.6) is 0 Å². The molecule has 0 spiro atoms. The summed E-state index contributed by atoms with van der Waals surface area (Å²) >= 11 is 1.37. The number of carbonyl (C=O) groups excluding carboxylic acids is 1. The van der Waals surface area contributed by atoms with Crippen LogP contribution in [0.25, 0.3) is 0 Å². The first-order valence-electron chi connectivity index (χ1n) is 11.3. The second-order valence-corrected chi connectivity index (χ2v) is 8.77. The van der Waals surface area contributed by atoms with Gasteiger partial charge in [0.05, 0.1) is 24.4 Å². The normalized spacial score (nSPS) is 15.8. The molecule has 0 aliphatic heterocycles. The van der Waals surface area contributed by atoms with Crippen LogP contribution in [0.1, 0.15) is 91.6 Å². The number of unbranched alkanes of at least 4 members (excludes halogenated alkanes) is 2. The molecule has 0 saturated heterocycles. The molecule has 2 N–H and O–H groups in total. The minimum atomic E-state index is -0.305. The number of rotatable bonds is 11. The van der Waals surface area contributed by atoms with Crippen molar-refractivity contribution < 1.29 is 14.3 Å². The van der Waals surface area contributed by atoms with Crippen LogP contribution in [0.3, 0.4) is 0 Å². The van der Waals surface area contributed by atoms with Gasteiger partial charge in [0.15, 0.2) is 5.96 Å². The highest BCUT2D eigenvalue weighted by Crippen LogP contribution is 2.24. The van der Waals surface area contributed by atoms with Crippen molar-refractivity contribution in [3.63, 3.8) is 0 Å². The topological polar surface area (TPSA) is 84.8 Å². The molecule has 0 aromatic carbocycles. The van der Waals surface area contributed by atoms with E-state index in [1.54, 1.807) is 14.0 Å². The number of thiazole rings is 1. The lowest BCUT2D eigenvalue weighted by Gasteiger charge is -2.21. The number of aliphatic imine (C=N–C) groups is 1. The van der Waals surface area contributed by atoms with Crippen molar-refractivity contribution in [1.82, 2.24) is 15.6 Å². The number of hydrogen-bond acceptors (Lipinski definition) is 6. The summed E-state index contributed by atoms with van der Waals surface area (Å²) in [7, 11) is 1.76. The smallest absolute Gasteiger partial charge is 0.350 e. The summed E-state index contributed by atoms with van der Waals surface area (Å²) in [5, 5.41) is 7.55. The lowest BCUT2D eigenvalue weighted by atomic mass is 9.98. The minimum Gasteiger partial charge on any atom is -0.462 e. The van der Waals surface area contributed by atoms with E-state index in [0.717, 1.165) is 43.4 Å². The second kappa shape index (κ2) is 15.8. The monoisotopic (exact) mass is 566 g/mol. The van der Waals surface area contributed by atoms with Gasteiger partial charge in [-0.05, 0) is 52.9 Å². The summed E-state index contributed by atoms with van der Waals surface area (Å²) in [5.41, 5.74) is 0.709. The Hall–Kier alpha value is -0.940. The van der Waals surface area contributed by atoms with Crippen molar-refractivity contribution in [2.75, 3.05) is 26.8 Å². The Morgan fingerprint density at radius 2 is 2.00 bits per heavy atom. The molecule has 178 valence electrons. The number of halogens is 1. The Morgan fingerprint density at radius 1 is 1.26 bits per heavy atom. The lowest BCUT2D eigenvalue weighted by molar-refractivity contribution is 0.0264. The van der Waals surface area contributed by atoms with Crippen LogP contribution in [0, 0.1) is 6.92 Å². The van der Waals surface area contributed by atoms with Gasteiger partial charge in [-0.25, -0.2) is 9.78 Å². The molecule has 1 aliphatic carbocycles. The molecule has 1 saturated carbocycles. The zero-order chi connectivity index (χ0) is 21.8. The quantitative estimate of drug-likeness (QED) is 0.129. The highest BCUT2D eigenvalue weighted by Gasteiger charge is 2.20. The van der Waals surface area contributed by atoms with E-state index < -0.39 is 0 Å². The lowest BCUT2D eigenvalue weighted by Crippen LogP contribution is -2.39. The van der Waals surface area contributed by atoms with Crippen LogP contribution < -0.4 is 10.6 Å². The zero-order valence-corrected chi connectivity index (χ0v) is 22.5. The molecular weight excluding hydrogens is 527 g/mol. The molecule has 1 fully saturated rings. The number of aryl methyl sites for hydroxylation is 1. The molecule has 1 atom stereocenters. The number of hydrogen-bond donors (Lipinski definition) is 2. The third kappa shape index (κ3) is 10.0. The van der Waals surface area contributed by atoms with E-state index in [0.29, 0.717) is 23.3 Å². The van der Waals surface area contributed by atoms with E-state index in [2.05, 4.69) is 20.6 Å². The maximum atomic E-state index is 12.0. The molecule has 2 rings (SSSR count). The van der Waals surface area contributed by atoms with Crippen LogP contribution in [0.2, 0.25) is 0 Å². The van der Waals surface area contributed by atoms with Gasteiger partial charge < -0.3 is 20.1 Å². The van der Waals surface area contributed by atoms with Crippen molar-refractivity contribution in [3.05, 3.63) is 15.6 Å². The number of carbonyl (C=O) groups is 1. The molecule has 0 amide bonds. The molecule has 7 nitrogen and oxygen atoms in total. The van der Waals surface area contributed by atoms with Crippen LogP contribution in [-0.4, -0.2) is 49.8 Å². The predicted molar refractivity (Wildman–Crippen MR) is 138 cm³/mol. The van der Waals surface area contributed by atoms with E-state index in [9.17, 15) is 4.79 Å². The highest BCUT2D eigenvalue weighted by molar-refractivity contribution is 14.0. The average Bonchev–Trinajstić information content (AvgIpc) is 3.15. The van der Waals surface area contributed by atoms with Gasteiger partial charge in [0.25, 0.3) is 0 Å². The van der Waals surface area contributed by atoms with Crippen LogP contribution >= 0.6 is 35.3 Å². The standard InChI is InChI=1S/C22H38N4O3S.HI/c1-5-28-21(27)19-16(2)25-20(30-19)17(3)26-22(23-4)24-14-10-7-11-15-29-18-12-8-6-9-13-18;/h17-18H,5-15H2,1-4H3,(H2,23,24,26);1H. The highest BCUT2D eigenvalue weighted by atomic mass is 127. The van der Waals surface area contributed by atoms with Gasteiger partial charge in [0.2, 0.25) is 0 Å². The van der Waals surface area contributed by atoms with Gasteiger partial charge in [-0.1, -0.05) is 19.3 Å². The van der Waals surface area contributed by atoms with E-state index in [1.165, 1.54) is 43.4 Å². The van der Waals surface area contributed by atoms with Crippen molar-refractivity contribution in [3.8, 4) is 0 Å². The van der Waals surface area contributed by atoms with Crippen LogP contribution in [0.15, 0.2) is 4.99 Å². The molecule has 31 heavy (non-hydrogen) atoms. The second-order valence-electron chi connectivity index (χ2n) is 7.74. The number of guanidine groups is 1. The third-order valence-corrected chi connectivity index (χ3v) is 6.56. The number of ether oxygens (including phenoxy) is 2. The fraction of sp³-hybridized carbons (Fsp3) is 0.773. The Kier molecular flexibility index (Phi) is 14.3. The fourth-order valence-corrected chi connectivity index (χ4v) is 4.51. The molecular formula is C22H39IN4O3S. The number of esters is 1. The molecule has 0 bridgehead atoms. The first kappa shape index (κ1) is 28.1. The minimum absolute atomic E-state index is 0. The third-order valence-electron chi connectivity index (χ3n) is 5.24. The zero-order valence-electron chi connectivity index (χ0n) is 19.4. The van der Waals surface area contributed by atoms with E-state index in [1.807, 2.05) is 13.8 Å². The van der Waals surface area contributed by atoms with Crippen molar-refractivity contribution >= 4 is 47.2 Å². The van der Waals surface area contributed by atoms with Crippen LogP contribution in [0.4, 0.5) is 0 Å². The first-order chi connectivity index (χ1) is 14.5. The van der Waals surface area contributed by atoms with E-state index >= 15 is 0 Å². The average molecular weight is 567 g/mol. The number of aromatic nitrogens is 1. The largest absolute Gasteiger partial charge is 0.462 e. The number of nitrogens with one attached hydrogen (secondary N) is 2. The summed E-state index contributed by atoms with van der Waals surface area (Å²) in [4.78, 5) is 21.4. The molecule has 1 heterocycles. The fourth-order valence-electron chi connectivity index (χ4n) is 3.54. The van der Waals surface area contributed by atoms with E-state index in [4.69, 9.17) is 9.47 Å². The SMILES string of the molecule is CCOC(=O)c1sc(C(C)NC(=NC)NCCCCCOC2CCCCC2)nc1C.I. The maximum Gasteiger partial charge on any atom is 0.350 e. The van der Waals surface area contributed by atoms with Gasteiger partial charge in [0.1, 0.15) is 9.88 Å². The molecule has 1 aliphatic rings. The Bertz CT molecular complexity index is 678. The summed E-state index contributed by atoms with van der Waals surface area (Å²) in [6.45, 7) is 7.76. The summed E-state index contributed by atoms with van der Waals surface area (Å²) in [6, 6.07) is -0.0491. The van der Waals surface area contributed by atoms with Gasteiger partial charge in [-0.2, -0.15) is 0 Å².